The SMILES string of the molecule is CC1(C)OC=C([C@@H]2O[C@H]3OC(C)(C)O[C@H]3[C@@H]2OP(O[C@H]2[C@@H]3OC(C)(C)O[C@@H]3O[C@H]2C2=COC(C)(C)O2)O[C@H]2[C@@H]3OC(C)(C)O[C@@H]3O[C@H]2C2=COC(C)(C)O2)O1. The van der Waals surface area contributed by atoms with Crippen molar-refractivity contribution >= 4 is 8.60 Å². The van der Waals surface area contributed by atoms with Crippen LogP contribution < -0.4 is 0 Å². The number of fused-ring (bicyclic) bond motifs is 3. The van der Waals surface area contributed by atoms with Gasteiger partial charge in [-0.15, -0.1) is 0 Å². The zero-order valence-electron chi connectivity index (χ0n) is 33.0. The molecule has 0 aliphatic carbocycles. The van der Waals surface area contributed by atoms with E-state index in [-0.39, 0.29) is 0 Å². The molecule has 6 saturated heterocycles. The standard InChI is InChI=1S/C36H51O18P/c1-31(2)37-13-16(43-31)19-22(25-28(40-19)49-34(7,8)46-25)52-55(53-23-20(17-14-38-32(3,4)44-17)41-29-26(23)47-35(9,10)50-29)54-24-21(18-15-39-33(5,6)45-18)42-30-27(24)48-36(11,12)51-30/h13-15,19-30H,1-12H3/t19-,20-,21-,22+,23+,24+,25-,26-,27-,28-,29-,30-/m0/s1. The van der Waals surface area contributed by atoms with Crippen LogP contribution in [0.4, 0.5) is 0 Å². The molecule has 9 rings (SSSR count). The van der Waals surface area contributed by atoms with Gasteiger partial charge in [-0.3, -0.25) is 0 Å². The monoisotopic (exact) mass is 802 g/mol. The topological polar surface area (TPSA) is 166 Å². The first-order valence-corrected chi connectivity index (χ1v) is 19.7. The highest BCUT2D eigenvalue weighted by atomic mass is 31.2. The van der Waals surface area contributed by atoms with Crippen molar-refractivity contribution in [2.45, 2.75) is 192 Å². The van der Waals surface area contributed by atoms with Gasteiger partial charge in [0.05, 0.1) is 0 Å². The van der Waals surface area contributed by atoms with E-state index in [0.29, 0.717) is 17.3 Å². The first-order chi connectivity index (χ1) is 25.5. The third-order valence-electron chi connectivity index (χ3n) is 9.91. The normalized spacial score (nSPS) is 44.3. The molecule has 55 heavy (non-hydrogen) atoms. The fourth-order valence-corrected chi connectivity index (χ4v) is 9.25. The van der Waals surface area contributed by atoms with Gasteiger partial charge in [0.2, 0.25) is 17.4 Å². The molecule has 0 bridgehead atoms. The second-order valence-corrected chi connectivity index (χ2v) is 18.5. The number of hydrogen-bond donors (Lipinski definition) is 0. The van der Waals surface area contributed by atoms with Crippen LogP contribution in [-0.4, -0.2) is 109 Å². The van der Waals surface area contributed by atoms with Crippen LogP contribution in [0.25, 0.3) is 0 Å². The summed E-state index contributed by atoms with van der Waals surface area (Å²) in [5.41, 5.74) is 0. The summed E-state index contributed by atoms with van der Waals surface area (Å²) >= 11 is 0. The molecular formula is C36H51O18P. The lowest BCUT2D eigenvalue weighted by molar-refractivity contribution is -0.221. The Morgan fingerprint density at radius 3 is 0.909 bits per heavy atom. The highest BCUT2D eigenvalue weighted by Crippen LogP contribution is 2.57. The average Bonchev–Trinajstić information content (AvgIpc) is 3.92. The Morgan fingerprint density at radius 1 is 0.400 bits per heavy atom. The summed E-state index contributed by atoms with van der Waals surface area (Å²) in [6.45, 7) is 21.5. The summed E-state index contributed by atoms with van der Waals surface area (Å²) in [7, 11) is -2.47. The minimum atomic E-state index is -2.47. The van der Waals surface area contributed by atoms with E-state index in [0.717, 1.165) is 0 Å². The summed E-state index contributed by atoms with van der Waals surface area (Å²) < 4.78 is 114. The van der Waals surface area contributed by atoms with E-state index >= 15 is 0 Å². The highest BCUT2D eigenvalue weighted by molar-refractivity contribution is 7.41. The van der Waals surface area contributed by atoms with E-state index in [1.807, 2.05) is 0 Å². The predicted octanol–water partition coefficient (Wildman–Crippen LogP) is 4.87. The van der Waals surface area contributed by atoms with Gasteiger partial charge in [0.15, 0.2) is 71.8 Å². The van der Waals surface area contributed by atoms with Crippen LogP contribution in [0, 0.1) is 0 Å². The first kappa shape index (κ1) is 38.5. The van der Waals surface area contributed by atoms with Crippen molar-refractivity contribution in [2.75, 3.05) is 0 Å². The lowest BCUT2D eigenvalue weighted by Gasteiger charge is -2.34. The van der Waals surface area contributed by atoms with Crippen LogP contribution in [0.3, 0.4) is 0 Å². The molecule has 0 amide bonds. The predicted molar refractivity (Wildman–Crippen MR) is 181 cm³/mol. The molecule has 0 spiro atoms. The zero-order valence-corrected chi connectivity index (χ0v) is 33.9. The maximum absolute atomic E-state index is 6.97. The second-order valence-electron chi connectivity index (χ2n) is 17.4. The fraction of sp³-hybridized carbons (Fsp3) is 0.833. The molecule has 12 atom stereocenters. The van der Waals surface area contributed by atoms with Gasteiger partial charge in [-0.2, -0.15) is 0 Å². The van der Waals surface area contributed by atoms with E-state index in [1.54, 1.807) is 83.1 Å². The van der Waals surface area contributed by atoms with Crippen LogP contribution in [0.15, 0.2) is 36.1 Å². The van der Waals surface area contributed by atoms with Gasteiger partial charge in [-0.05, 0) is 41.5 Å². The summed E-state index contributed by atoms with van der Waals surface area (Å²) in [4.78, 5) is 0. The van der Waals surface area contributed by atoms with Gasteiger partial charge < -0.3 is 84.6 Å². The van der Waals surface area contributed by atoms with Crippen molar-refractivity contribution in [1.29, 1.82) is 0 Å². The average molecular weight is 803 g/mol. The smallest absolute Gasteiger partial charge is 0.334 e. The van der Waals surface area contributed by atoms with Crippen molar-refractivity contribution in [3.8, 4) is 0 Å². The molecule has 9 heterocycles. The Morgan fingerprint density at radius 2 is 0.673 bits per heavy atom. The molecule has 0 aromatic heterocycles. The van der Waals surface area contributed by atoms with Gasteiger partial charge >= 0.3 is 8.60 Å². The number of ether oxygens (including phenoxy) is 15. The molecule has 0 aromatic rings. The van der Waals surface area contributed by atoms with Gasteiger partial charge in [0.1, 0.15) is 55.4 Å². The van der Waals surface area contributed by atoms with E-state index in [4.69, 9.17) is 84.6 Å². The van der Waals surface area contributed by atoms with E-state index in [2.05, 4.69) is 0 Å². The molecule has 0 aromatic carbocycles. The Hall–Kier alpha value is -2.03. The molecular weight excluding hydrogens is 751 g/mol. The number of rotatable bonds is 9. The maximum Gasteiger partial charge on any atom is 0.334 e. The lowest BCUT2D eigenvalue weighted by atomic mass is 10.1. The van der Waals surface area contributed by atoms with Gasteiger partial charge in [-0.25, -0.2) is 0 Å². The third kappa shape index (κ3) is 7.34. The molecule has 0 saturated carbocycles. The minimum absolute atomic E-state index is 0.380. The van der Waals surface area contributed by atoms with Crippen molar-refractivity contribution in [3.63, 3.8) is 0 Å². The zero-order chi connectivity index (χ0) is 39.1. The quantitative estimate of drug-likeness (QED) is 0.290. The van der Waals surface area contributed by atoms with Crippen LogP contribution in [0.1, 0.15) is 83.1 Å². The van der Waals surface area contributed by atoms with Gasteiger partial charge in [0.25, 0.3) is 0 Å². The molecule has 308 valence electrons. The van der Waals surface area contributed by atoms with Gasteiger partial charge in [0, 0.05) is 41.5 Å². The summed E-state index contributed by atoms with van der Waals surface area (Å²) in [5.74, 6) is -4.64. The maximum atomic E-state index is 6.97. The Kier molecular flexibility index (Phi) is 8.91. The first-order valence-electron chi connectivity index (χ1n) is 18.6. The van der Waals surface area contributed by atoms with Crippen molar-refractivity contribution < 1.29 is 84.6 Å². The summed E-state index contributed by atoms with van der Waals surface area (Å²) in [6, 6.07) is 0. The Bertz CT molecular complexity index is 1440. The molecule has 0 radical (unpaired) electrons. The Balaban J connectivity index is 1.08. The molecule has 0 unspecified atom stereocenters. The van der Waals surface area contributed by atoms with Crippen molar-refractivity contribution in [2.24, 2.45) is 0 Å². The molecule has 0 N–H and O–H groups in total. The summed E-state index contributed by atoms with van der Waals surface area (Å²) in [5, 5.41) is 0. The highest BCUT2D eigenvalue weighted by Gasteiger charge is 2.64. The minimum Gasteiger partial charge on any atom is -0.457 e. The molecule has 18 nitrogen and oxygen atoms in total. The second kappa shape index (κ2) is 12.7. The Labute approximate surface area is 320 Å². The van der Waals surface area contributed by atoms with Crippen molar-refractivity contribution in [3.05, 3.63) is 36.1 Å². The van der Waals surface area contributed by atoms with Gasteiger partial charge in [-0.1, -0.05) is 0 Å². The fourth-order valence-electron chi connectivity index (χ4n) is 7.81. The van der Waals surface area contributed by atoms with E-state index in [9.17, 15) is 0 Å². The summed E-state index contributed by atoms with van der Waals surface area (Å²) in [6.07, 6.45) is -5.43. The molecule has 9 aliphatic heterocycles. The van der Waals surface area contributed by atoms with E-state index in [1.165, 1.54) is 18.8 Å². The largest absolute Gasteiger partial charge is 0.457 e. The van der Waals surface area contributed by atoms with Crippen molar-refractivity contribution in [1.82, 2.24) is 0 Å². The van der Waals surface area contributed by atoms with Crippen LogP contribution in [-0.2, 0) is 84.6 Å². The van der Waals surface area contributed by atoms with E-state index < -0.39 is 117 Å². The lowest BCUT2D eigenvalue weighted by Crippen LogP contribution is -2.42. The molecule has 6 fully saturated rings. The van der Waals surface area contributed by atoms with Crippen LogP contribution in [0.2, 0.25) is 0 Å². The molecule has 9 aliphatic rings. The van der Waals surface area contributed by atoms with Crippen LogP contribution in [0.5, 0.6) is 0 Å². The molecule has 19 heteroatoms. The number of hydrogen-bond acceptors (Lipinski definition) is 18. The third-order valence-corrected chi connectivity index (χ3v) is 11.2. The van der Waals surface area contributed by atoms with Crippen LogP contribution >= 0.6 is 8.60 Å².